The molecule has 3 aromatic rings. The lowest BCUT2D eigenvalue weighted by Gasteiger charge is -2.08. The monoisotopic (exact) mass is 451 g/mol. The van der Waals surface area contributed by atoms with E-state index in [4.69, 9.17) is 4.42 Å². The van der Waals surface area contributed by atoms with E-state index in [0.717, 1.165) is 0 Å². The maximum Gasteiger partial charge on any atom is 0.419 e. The largest absolute Gasteiger partial charge is 0.419 e. The van der Waals surface area contributed by atoms with Gasteiger partial charge < -0.3 is 9.73 Å². The fourth-order valence-electron chi connectivity index (χ4n) is 2.74. The number of hydrogen-bond donors (Lipinski definition) is 1. The van der Waals surface area contributed by atoms with Crippen LogP contribution in [0.1, 0.15) is 18.4 Å². The molecule has 2 aromatic carbocycles. The minimum atomic E-state index is -0.639. The molecule has 10 heteroatoms. The molecule has 1 N–H and O–H groups in total. The van der Waals surface area contributed by atoms with Crippen LogP contribution in [0, 0.1) is 15.9 Å². The van der Waals surface area contributed by atoms with E-state index in [0.29, 0.717) is 22.0 Å². The minimum absolute atomic E-state index is 0.125. The molecule has 1 aromatic heterocycles. The van der Waals surface area contributed by atoms with Gasteiger partial charge in [-0.05, 0) is 36.2 Å². The number of rotatable bonds is 7. The van der Waals surface area contributed by atoms with Crippen LogP contribution in [0.5, 0.6) is 0 Å². The van der Waals surface area contributed by atoms with Crippen LogP contribution in [-0.4, -0.2) is 15.4 Å². The zero-order valence-corrected chi connectivity index (χ0v) is 16.1. The summed E-state index contributed by atoms with van der Waals surface area (Å²) in [6, 6.07) is 8.14. The van der Waals surface area contributed by atoms with E-state index < -0.39 is 10.7 Å². The molecule has 1 heterocycles. The Morgan fingerprint density at radius 1 is 1.29 bits per heavy atom. The molecule has 0 aliphatic rings. The van der Waals surface area contributed by atoms with Gasteiger partial charge >= 0.3 is 5.76 Å². The highest BCUT2D eigenvalue weighted by atomic mass is 79.9. The number of aryl methyl sites for hydroxylation is 1. The SMILES string of the molecule is O=C(CCCn1c(=O)oc2cc([N+](=O)[O-])ccc21)NCc1cc(F)ccc1Br. The maximum atomic E-state index is 13.3. The van der Waals surface area contributed by atoms with E-state index in [1.165, 1.54) is 34.9 Å². The Morgan fingerprint density at radius 2 is 2.07 bits per heavy atom. The Labute approximate surface area is 166 Å². The third-order valence-electron chi connectivity index (χ3n) is 4.13. The molecule has 0 unspecified atom stereocenters. The molecule has 28 heavy (non-hydrogen) atoms. The van der Waals surface area contributed by atoms with E-state index in [1.807, 2.05) is 0 Å². The number of carbonyl (C=O) groups excluding carboxylic acids is 1. The zero-order chi connectivity index (χ0) is 20.3. The van der Waals surface area contributed by atoms with Gasteiger partial charge in [0.1, 0.15) is 5.82 Å². The number of oxazole rings is 1. The predicted octanol–water partition coefficient (Wildman–Crippen LogP) is 3.50. The number of aromatic nitrogens is 1. The van der Waals surface area contributed by atoms with Crippen molar-refractivity contribution in [1.82, 2.24) is 9.88 Å². The highest BCUT2D eigenvalue weighted by Gasteiger charge is 2.14. The van der Waals surface area contributed by atoms with Crippen molar-refractivity contribution < 1.29 is 18.5 Å². The van der Waals surface area contributed by atoms with Crippen LogP contribution in [0.4, 0.5) is 10.1 Å². The average molecular weight is 452 g/mol. The van der Waals surface area contributed by atoms with Gasteiger partial charge in [-0.25, -0.2) is 9.18 Å². The van der Waals surface area contributed by atoms with Gasteiger partial charge in [-0.2, -0.15) is 0 Å². The van der Waals surface area contributed by atoms with Gasteiger partial charge in [0.15, 0.2) is 5.58 Å². The van der Waals surface area contributed by atoms with Crippen molar-refractivity contribution in [2.24, 2.45) is 0 Å². The molecule has 8 nitrogen and oxygen atoms in total. The minimum Gasteiger partial charge on any atom is -0.407 e. The number of nitrogens with one attached hydrogen (secondary N) is 1. The molecule has 146 valence electrons. The van der Waals surface area contributed by atoms with Gasteiger partial charge in [-0.15, -0.1) is 0 Å². The van der Waals surface area contributed by atoms with Gasteiger partial charge in [0.05, 0.1) is 16.5 Å². The number of nitro groups is 1. The summed E-state index contributed by atoms with van der Waals surface area (Å²) >= 11 is 3.30. The van der Waals surface area contributed by atoms with Crippen LogP contribution in [-0.2, 0) is 17.9 Å². The Balaban J connectivity index is 1.58. The predicted molar refractivity (Wildman–Crippen MR) is 102 cm³/mol. The van der Waals surface area contributed by atoms with Crippen LogP contribution in [0.25, 0.3) is 11.1 Å². The number of fused-ring (bicyclic) bond motifs is 1. The summed E-state index contributed by atoms with van der Waals surface area (Å²) in [5.41, 5.74) is 1.00. The molecule has 0 saturated heterocycles. The first-order chi connectivity index (χ1) is 13.3. The van der Waals surface area contributed by atoms with E-state index in [9.17, 15) is 24.1 Å². The highest BCUT2D eigenvalue weighted by molar-refractivity contribution is 9.10. The number of nitro benzene ring substituents is 1. The molecular weight excluding hydrogens is 437 g/mol. The maximum absolute atomic E-state index is 13.3. The number of hydrogen-bond acceptors (Lipinski definition) is 5. The zero-order valence-electron chi connectivity index (χ0n) is 14.5. The Hall–Kier alpha value is -3.01. The molecule has 0 spiro atoms. The number of benzene rings is 2. The summed E-state index contributed by atoms with van der Waals surface area (Å²) in [5.74, 6) is -1.27. The summed E-state index contributed by atoms with van der Waals surface area (Å²) in [7, 11) is 0. The van der Waals surface area contributed by atoms with Crippen LogP contribution in [0.3, 0.4) is 0 Å². The molecule has 0 aliphatic carbocycles. The van der Waals surface area contributed by atoms with Gasteiger partial charge in [0.25, 0.3) is 5.69 Å². The Kier molecular flexibility index (Phi) is 5.88. The second-order valence-corrected chi connectivity index (χ2v) is 6.90. The third-order valence-corrected chi connectivity index (χ3v) is 4.91. The van der Waals surface area contributed by atoms with Crippen LogP contribution in [0.2, 0.25) is 0 Å². The van der Waals surface area contributed by atoms with Crippen molar-refractivity contribution in [3.05, 3.63) is 72.9 Å². The first-order valence-electron chi connectivity index (χ1n) is 8.33. The summed E-state index contributed by atoms with van der Waals surface area (Å²) in [5, 5.41) is 13.5. The number of nitrogens with zero attached hydrogens (tertiary/aromatic N) is 2. The van der Waals surface area contributed by atoms with Crippen molar-refractivity contribution >= 4 is 38.6 Å². The molecule has 3 rings (SSSR count). The van der Waals surface area contributed by atoms with Crippen LogP contribution >= 0.6 is 15.9 Å². The molecule has 0 atom stereocenters. The highest BCUT2D eigenvalue weighted by Crippen LogP contribution is 2.20. The second kappa shape index (κ2) is 8.34. The van der Waals surface area contributed by atoms with E-state index in [2.05, 4.69) is 21.2 Å². The smallest absolute Gasteiger partial charge is 0.407 e. The molecule has 0 bridgehead atoms. The van der Waals surface area contributed by atoms with Gasteiger partial charge in [-0.1, -0.05) is 15.9 Å². The van der Waals surface area contributed by atoms with Crippen molar-refractivity contribution in [3.8, 4) is 0 Å². The first-order valence-corrected chi connectivity index (χ1v) is 9.13. The van der Waals surface area contributed by atoms with Gasteiger partial charge in [0, 0.05) is 30.0 Å². The molecule has 0 radical (unpaired) electrons. The quantitative estimate of drug-likeness (QED) is 0.436. The van der Waals surface area contributed by atoms with Crippen LogP contribution < -0.4 is 11.1 Å². The lowest BCUT2D eigenvalue weighted by atomic mass is 10.2. The fourth-order valence-corrected chi connectivity index (χ4v) is 3.13. The Bertz CT molecular complexity index is 1110. The summed E-state index contributed by atoms with van der Waals surface area (Å²) in [6.45, 7) is 0.399. The molecular formula is C18H15BrFN3O5. The number of halogens is 2. The Morgan fingerprint density at radius 3 is 2.82 bits per heavy atom. The summed E-state index contributed by atoms with van der Waals surface area (Å²) < 4.78 is 20.3. The van der Waals surface area contributed by atoms with Crippen molar-refractivity contribution in [1.29, 1.82) is 0 Å². The summed E-state index contributed by atoms with van der Waals surface area (Å²) in [4.78, 5) is 34.2. The molecule has 1 amide bonds. The van der Waals surface area contributed by atoms with Crippen LogP contribution in [0.15, 0.2) is 50.1 Å². The van der Waals surface area contributed by atoms with Gasteiger partial charge in [-0.3, -0.25) is 19.5 Å². The average Bonchev–Trinajstić information content (AvgIpc) is 2.97. The number of carbonyl (C=O) groups is 1. The second-order valence-electron chi connectivity index (χ2n) is 6.04. The standard InChI is InChI=1S/C18H15BrFN3O5/c19-14-5-3-12(20)8-11(14)10-21-17(24)2-1-7-22-15-6-4-13(23(26)27)9-16(15)28-18(22)25/h3-6,8-9H,1-2,7,10H2,(H,21,24). The normalized spacial score (nSPS) is 10.9. The fraction of sp³-hybridized carbons (Fsp3) is 0.222. The van der Waals surface area contributed by atoms with Crippen molar-refractivity contribution in [2.45, 2.75) is 25.9 Å². The van der Waals surface area contributed by atoms with Gasteiger partial charge in [0.2, 0.25) is 5.91 Å². The van der Waals surface area contributed by atoms with Crippen molar-refractivity contribution in [3.63, 3.8) is 0 Å². The molecule has 0 aliphatic heterocycles. The first kappa shape index (κ1) is 19.7. The van der Waals surface area contributed by atoms with E-state index in [-0.39, 0.29) is 42.5 Å². The van der Waals surface area contributed by atoms with Crippen molar-refractivity contribution in [2.75, 3.05) is 0 Å². The lowest BCUT2D eigenvalue weighted by molar-refractivity contribution is -0.384. The number of amides is 1. The topological polar surface area (TPSA) is 107 Å². The third kappa shape index (κ3) is 4.45. The van der Waals surface area contributed by atoms with E-state index in [1.54, 1.807) is 6.07 Å². The molecule has 0 saturated carbocycles. The van der Waals surface area contributed by atoms with E-state index >= 15 is 0 Å². The summed E-state index contributed by atoms with van der Waals surface area (Å²) in [6.07, 6.45) is 0.515. The lowest BCUT2D eigenvalue weighted by Crippen LogP contribution is -2.23. The molecule has 0 fully saturated rings. The number of non-ortho nitro benzene ring substituents is 1.